The van der Waals surface area contributed by atoms with E-state index in [1.165, 1.54) is 6.07 Å². The topological polar surface area (TPSA) is 24.1 Å². The van der Waals surface area contributed by atoms with Gasteiger partial charge in [-0.3, -0.25) is 0 Å². The molecule has 0 saturated carbocycles. The lowest BCUT2D eigenvalue weighted by molar-refractivity contribution is 0.619. The molecule has 2 nitrogen and oxygen atoms in total. The molecule has 2 aromatic rings. The molecule has 0 bridgehead atoms. The minimum Gasteiger partial charge on any atom is -0.332 e. The van der Waals surface area contributed by atoms with Gasteiger partial charge < -0.3 is 10.6 Å². The van der Waals surface area contributed by atoms with Crippen molar-refractivity contribution in [2.45, 2.75) is 6.92 Å². The molecule has 2 rings (SSSR count). The third kappa shape index (κ3) is 3.60. The predicted octanol–water partition coefficient (Wildman–Crippen LogP) is 5.25. The molecule has 0 saturated heterocycles. The van der Waals surface area contributed by atoms with Gasteiger partial charge in [0.2, 0.25) is 0 Å². The highest BCUT2D eigenvalue weighted by Crippen LogP contribution is 2.25. The van der Waals surface area contributed by atoms with Crippen LogP contribution in [0.25, 0.3) is 0 Å². The van der Waals surface area contributed by atoms with Gasteiger partial charge in [-0.05, 0) is 49.5 Å². The van der Waals surface area contributed by atoms with E-state index in [2.05, 4.69) is 10.6 Å². The third-order valence-electron chi connectivity index (χ3n) is 2.69. The first-order chi connectivity index (χ1) is 9.47. The fourth-order valence-corrected chi connectivity index (χ4v) is 2.13. The number of hydrogen-bond donors (Lipinski definition) is 2. The van der Waals surface area contributed by atoms with Gasteiger partial charge in [0, 0.05) is 16.9 Å². The Balaban J connectivity index is 2.09. The SMILES string of the molecule is Cc1c(F)cccc1NC(=S)Nc1ccc(Cl)c(Cl)c1. The van der Waals surface area contributed by atoms with Crippen LogP contribution < -0.4 is 10.6 Å². The predicted molar refractivity (Wildman–Crippen MR) is 87.4 cm³/mol. The largest absolute Gasteiger partial charge is 0.332 e. The van der Waals surface area contributed by atoms with Crippen LogP contribution in [0.15, 0.2) is 36.4 Å². The fourth-order valence-electron chi connectivity index (χ4n) is 1.60. The highest BCUT2D eigenvalue weighted by atomic mass is 35.5. The molecule has 0 aliphatic heterocycles. The zero-order chi connectivity index (χ0) is 14.7. The summed E-state index contributed by atoms with van der Waals surface area (Å²) in [6, 6.07) is 9.85. The molecule has 2 aromatic carbocycles. The maximum atomic E-state index is 13.4. The molecule has 0 spiro atoms. The summed E-state index contributed by atoms with van der Waals surface area (Å²) in [7, 11) is 0. The Morgan fingerprint density at radius 2 is 1.85 bits per heavy atom. The van der Waals surface area contributed by atoms with E-state index >= 15 is 0 Å². The van der Waals surface area contributed by atoms with E-state index in [0.717, 1.165) is 0 Å². The number of thiocarbonyl (C=S) groups is 1. The standard InChI is InChI=1S/C14H11Cl2FN2S/c1-8-12(17)3-2-4-13(8)19-14(20)18-9-5-6-10(15)11(16)7-9/h2-7H,1H3,(H2,18,19,20). The maximum absolute atomic E-state index is 13.4. The third-order valence-corrected chi connectivity index (χ3v) is 3.64. The highest BCUT2D eigenvalue weighted by Gasteiger charge is 2.06. The molecule has 0 aliphatic carbocycles. The van der Waals surface area contributed by atoms with E-state index in [1.807, 2.05) is 0 Å². The molecular weight excluding hydrogens is 318 g/mol. The number of hydrogen-bond acceptors (Lipinski definition) is 1. The molecule has 0 atom stereocenters. The Morgan fingerprint density at radius 3 is 2.55 bits per heavy atom. The number of anilines is 2. The van der Waals surface area contributed by atoms with E-state index < -0.39 is 0 Å². The second-order valence-electron chi connectivity index (χ2n) is 4.12. The Kier molecular flexibility index (Phi) is 4.81. The molecule has 0 heterocycles. The van der Waals surface area contributed by atoms with Crippen LogP contribution in [0.1, 0.15) is 5.56 Å². The minimum absolute atomic E-state index is 0.285. The summed E-state index contributed by atoms with van der Waals surface area (Å²) in [5, 5.41) is 7.14. The number of benzene rings is 2. The van der Waals surface area contributed by atoms with Gasteiger partial charge in [0.15, 0.2) is 5.11 Å². The normalized spacial score (nSPS) is 10.2. The van der Waals surface area contributed by atoms with Gasteiger partial charge in [-0.1, -0.05) is 29.3 Å². The Hall–Kier alpha value is -1.36. The first kappa shape index (κ1) is 15.0. The molecule has 2 N–H and O–H groups in total. The van der Waals surface area contributed by atoms with Crippen molar-refractivity contribution in [1.29, 1.82) is 0 Å². The number of halogens is 3. The average Bonchev–Trinajstić information content (AvgIpc) is 2.39. The van der Waals surface area contributed by atoms with E-state index in [-0.39, 0.29) is 5.82 Å². The van der Waals surface area contributed by atoms with Crippen molar-refractivity contribution in [3.05, 3.63) is 57.8 Å². The molecule has 6 heteroatoms. The lowest BCUT2D eigenvalue weighted by Crippen LogP contribution is -2.19. The molecule has 0 aromatic heterocycles. The van der Waals surface area contributed by atoms with Crippen molar-refractivity contribution >= 4 is 51.9 Å². The van der Waals surface area contributed by atoms with Gasteiger partial charge in [0.1, 0.15) is 5.82 Å². The first-order valence-electron chi connectivity index (χ1n) is 5.75. The average molecular weight is 329 g/mol. The number of nitrogens with one attached hydrogen (secondary N) is 2. The van der Waals surface area contributed by atoms with E-state index in [4.69, 9.17) is 35.4 Å². The molecule has 0 fully saturated rings. The van der Waals surface area contributed by atoms with Crippen molar-refractivity contribution < 1.29 is 4.39 Å². The zero-order valence-corrected chi connectivity index (χ0v) is 12.8. The summed E-state index contributed by atoms with van der Waals surface area (Å²) < 4.78 is 13.4. The number of rotatable bonds is 2. The van der Waals surface area contributed by atoms with Crippen molar-refractivity contribution in [3.63, 3.8) is 0 Å². The van der Waals surface area contributed by atoms with Gasteiger partial charge in [0.05, 0.1) is 10.0 Å². The van der Waals surface area contributed by atoms with Gasteiger partial charge in [-0.25, -0.2) is 4.39 Å². The van der Waals surface area contributed by atoms with Gasteiger partial charge in [-0.2, -0.15) is 0 Å². The van der Waals surface area contributed by atoms with Gasteiger partial charge in [0.25, 0.3) is 0 Å². The van der Waals surface area contributed by atoms with E-state index in [0.29, 0.717) is 32.1 Å². The fraction of sp³-hybridized carbons (Fsp3) is 0.0714. The van der Waals surface area contributed by atoms with Crippen molar-refractivity contribution in [3.8, 4) is 0 Å². The Bertz CT molecular complexity index is 662. The van der Waals surface area contributed by atoms with E-state index in [9.17, 15) is 4.39 Å². The van der Waals surface area contributed by atoms with Crippen LogP contribution in [0.4, 0.5) is 15.8 Å². The molecule has 0 unspecified atom stereocenters. The summed E-state index contributed by atoms with van der Waals surface area (Å²) in [6.07, 6.45) is 0. The second-order valence-corrected chi connectivity index (χ2v) is 5.34. The van der Waals surface area contributed by atoms with Gasteiger partial charge in [-0.15, -0.1) is 0 Å². The lowest BCUT2D eigenvalue weighted by Gasteiger charge is -2.13. The van der Waals surface area contributed by atoms with Crippen LogP contribution >= 0.6 is 35.4 Å². The zero-order valence-electron chi connectivity index (χ0n) is 10.5. The summed E-state index contributed by atoms with van der Waals surface area (Å²) >= 11 is 16.9. The van der Waals surface area contributed by atoms with Crippen molar-refractivity contribution in [2.75, 3.05) is 10.6 Å². The summed E-state index contributed by atoms with van der Waals surface area (Å²) in [5.41, 5.74) is 1.82. The lowest BCUT2D eigenvalue weighted by atomic mass is 10.2. The maximum Gasteiger partial charge on any atom is 0.175 e. The summed E-state index contributed by atoms with van der Waals surface area (Å²) in [6.45, 7) is 1.68. The Morgan fingerprint density at radius 1 is 1.10 bits per heavy atom. The quantitative estimate of drug-likeness (QED) is 0.736. The van der Waals surface area contributed by atoms with Crippen LogP contribution in [0.5, 0.6) is 0 Å². The van der Waals surface area contributed by atoms with Gasteiger partial charge >= 0.3 is 0 Å². The van der Waals surface area contributed by atoms with Crippen LogP contribution in [0.3, 0.4) is 0 Å². The molecule has 0 aliphatic rings. The molecule has 0 radical (unpaired) electrons. The molecule has 104 valence electrons. The van der Waals surface area contributed by atoms with Crippen molar-refractivity contribution in [2.24, 2.45) is 0 Å². The van der Waals surface area contributed by atoms with Crippen LogP contribution in [-0.2, 0) is 0 Å². The monoisotopic (exact) mass is 328 g/mol. The van der Waals surface area contributed by atoms with Crippen molar-refractivity contribution in [1.82, 2.24) is 0 Å². The highest BCUT2D eigenvalue weighted by molar-refractivity contribution is 7.80. The molecular formula is C14H11Cl2FN2S. The molecule has 20 heavy (non-hydrogen) atoms. The van der Waals surface area contributed by atoms with Crippen LogP contribution in [0.2, 0.25) is 10.0 Å². The van der Waals surface area contributed by atoms with E-state index in [1.54, 1.807) is 37.3 Å². The molecule has 0 amide bonds. The minimum atomic E-state index is -0.285. The summed E-state index contributed by atoms with van der Waals surface area (Å²) in [4.78, 5) is 0. The van der Waals surface area contributed by atoms with Crippen LogP contribution in [-0.4, -0.2) is 5.11 Å². The Labute approximate surface area is 131 Å². The van der Waals surface area contributed by atoms with Crippen LogP contribution in [0, 0.1) is 12.7 Å². The smallest absolute Gasteiger partial charge is 0.175 e. The second kappa shape index (κ2) is 6.39. The summed E-state index contributed by atoms with van der Waals surface area (Å²) in [5.74, 6) is -0.285. The first-order valence-corrected chi connectivity index (χ1v) is 6.92.